The molecule has 98 valence electrons. The highest BCUT2D eigenvalue weighted by Crippen LogP contribution is 2.23. The molecule has 2 aromatic rings. The molecule has 1 N–H and O–H groups in total. The van der Waals surface area contributed by atoms with Gasteiger partial charge in [-0.2, -0.15) is 0 Å². The highest BCUT2D eigenvalue weighted by Gasteiger charge is 2.13. The fourth-order valence-electron chi connectivity index (χ4n) is 1.98. The van der Waals surface area contributed by atoms with Crippen molar-refractivity contribution in [3.05, 3.63) is 59.7 Å². The van der Waals surface area contributed by atoms with E-state index in [0.717, 1.165) is 11.1 Å². The molecule has 0 saturated carbocycles. The van der Waals surface area contributed by atoms with Crippen LogP contribution in [0.4, 0.5) is 0 Å². The van der Waals surface area contributed by atoms with Crippen molar-refractivity contribution in [2.45, 2.75) is 6.61 Å². The zero-order chi connectivity index (χ0) is 13.8. The van der Waals surface area contributed by atoms with Gasteiger partial charge in [0.15, 0.2) is 0 Å². The summed E-state index contributed by atoms with van der Waals surface area (Å²) in [6.45, 7) is -0.143. The summed E-state index contributed by atoms with van der Waals surface area (Å²) in [4.78, 5) is 13.5. The molecule has 1 amide bonds. The lowest BCUT2D eigenvalue weighted by molar-refractivity contribution is 0.0824. The summed E-state index contributed by atoms with van der Waals surface area (Å²) in [5.41, 5.74) is 3.27. The van der Waals surface area contributed by atoms with Gasteiger partial charge in [-0.15, -0.1) is 0 Å². The molecule has 0 bridgehead atoms. The summed E-state index contributed by atoms with van der Waals surface area (Å²) in [6, 6.07) is 15.4. The van der Waals surface area contributed by atoms with Gasteiger partial charge in [0.05, 0.1) is 6.61 Å². The lowest BCUT2D eigenvalue weighted by Crippen LogP contribution is -2.23. The monoisotopic (exact) mass is 255 g/mol. The van der Waals surface area contributed by atoms with Crippen molar-refractivity contribution in [1.82, 2.24) is 4.90 Å². The second-order valence-corrected chi connectivity index (χ2v) is 4.60. The number of aliphatic hydroxyl groups excluding tert-OH is 1. The van der Waals surface area contributed by atoms with Crippen molar-refractivity contribution < 1.29 is 9.90 Å². The van der Waals surface area contributed by atoms with Gasteiger partial charge < -0.3 is 10.0 Å². The SMILES string of the molecule is CN(C)C(=O)c1ccc(-c2ccccc2)cc1CO. The molecule has 2 aromatic carbocycles. The summed E-state index contributed by atoms with van der Waals surface area (Å²) in [7, 11) is 3.41. The van der Waals surface area contributed by atoms with E-state index in [1.54, 1.807) is 20.2 Å². The predicted octanol–water partition coefficient (Wildman–Crippen LogP) is 2.55. The predicted molar refractivity (Wildman–Crippen MR) is 75.8 cm³/mol. The molecule has 0 saturated heterocycles. The van der Waals surface area contributed by atoms with E-state index in [9.17, 15) is 9.90 Å². The number of hydrogen-bond acceptors (Lipinski definition) is 2. The van der Waals surface area contributed by atoms with Gasteiger partial charge in [0.1, 0.15) is 0 Å². The molecule has 0 atom stereocenters. The number of aliphatic hydroxyl groups is 1. The second kappa shape index (κ2) is 5.67. The van der Waals surface area contributed by atoms with Crippen LogP contribution in [0.5, 0.6) is 0 Å². The molecule has 0 aliphatic heterocycles. The van der Waals surface area contributed by atoms with E-state index in [0.29, 0.717) is 11.1 Å². The Labute approximate surface area is 113 Å². The molecule has 2 rings (SSSR count). The van der Waals surface area contributed by atoms with Gasteiger partial charge in [-0.3, -0.25) is 4.79 Å². The maximum Gasteiger partial charge on any atom is 0.253 e. The highest BCUT2D eigenvalue weighted by molar-refractivity contribution is 5.96. The molecular weight excluding hydrogens is 238 g/mol. The van der Waals surface area contributed by atoms with Crippen LogP contribution in [0.25, 0.3) is 11.1 Å². The van der Waals surface area contributed by atoms with Crippen LogP contribution in [-0.2, 0) is 6.61 Å². The molecule has 0 heterocycles. The summed E-state index contributed by atoms with van der Waals surface area (Å²) in [6.07, 6.45) is 0. The third-order valence-electron chi connectivity index (χ3n) is 3.02. The number of rotatable bonds is 3. The molecule has 3 heteroatoms. The Balaban J connectivity index is 2.45. The van der Waals surface area contributed by atoms with E-state index < -0.39 is 0 Å². The van der Waals surface area contributed by atoms with E-state index >= 15 is 0 Å². The zero-order valence-corrected chi connectivity index (χ0v) is 11.1. The van der Waals surface area contributed by atoms with Crippen molar-refractivity contribution in [3.8, 4) is 11.1 Å². The highest BCUT2D eigenvalue weighted by atomic mass is 16.3. The van der Waals surface area contributed by atoms with E-state index in [4.69, 9.17) is 0 Å². The molecular formula is C16H17NO2. The van der Waals surface area contributed by atoms with E-state index in [-0.39, 0.29) is 12.5 Å². The van der Waals surface area contributed by atoms with Gasteiger partial charge in [0.2, 0.25) is 0 Å². The molecule has 0 spiro atoms. The van der Waals surface area contributed by atoms with Crippen LogP contribution in [0.1, 0.15) is 15.9 Å². The van der Waals surface area contributed by atoms with Crippen LogP contribution < -0.4 is 0 Å². The largest absolute Gasteiger partial charge is 0.392 e. The van der Waals surface area contributed by atoms with Gasteiger partial charge in [0, 0.05) is 19.7 Å². The smallest absolute Gasteiger partial charge is 0.253 e. The summed E-state index contributed by atoms with van der Waals surface area (Å²) < 4.78 is 0. The second-order valence-electron chi connectivity index (χ2n) is 4.60. The zero-order valence-electron chi connectivity index (χ0n) is 11.1. The number of carbonyl (C=O) groups excluding carboxylic acids is 1. The maximum absolute atomic E-state index is 12.0. The first-order valence-corrected chi connectivity index (χ1v) is 6.14. The van der Waals surface area contributed by atoms with Gasteiger partial charge in [-0.25, -0.2) is 0 Å². The molecule has 19 heavy (non-hydrogen) atoms. The summed E-state index contributed by atoms with van der Waals surface area (Å²) >= 11 is 0. The van der Waals surface area contributed by atoms with Crippen molar-refractivity contribution in [2.24, 2.45) is 0 Å². The van der Waals surface area contributed by atoms with Gasteiger partial charge in [-0.05, 0) is 28.8 Å². The first kappa shape index (κ1) is 13.3. The Bertz CT molecular complexity index is 577. The molecule has 0 fully saturated rings. The average Bonchev–Trinajstić information content (AvgIpc) is 2.46. The number of carbonyl (C=O) groups is 1. The first-order valence-electron chi connectivity index (χ1n) is 6.14. The standard InChI is InChI=1S/C16H17NO2/c1-17(2)16(19)15-9-8-13(10-14(15)11-18)12-6-4-3-5-7-12/h3-10,18H,11H2,1-2H3. The number of nitrogens with zero attached hydrogens (tertiary/aromatic N) is 1. The summed E-state index contributed by atoms with van der Waals surface area (Å²) in [5.74, 6) is -0.0938. The first-order chi connectivity index (χ1) is 9.13. The number of amides is 1. The Hall–Kier alpha value is -2.13. The molecule has 0 aromatic heterocycles. The quantitative estimate of drug-likeness (QED) is 0.915. The number of hydrogen-bond donors (Lipinski definition) is 1. The lowest BCUT2D eigenvalue weighted by Gasteiger charge is -2.14. The molecule has 0 unspecified atom stereocenters. The molecule has 0 aliphatic rings. The fourth-order valence-corrected chi connectivity index (χ4v) is 1.98. The third-order valence-corrected chi connectivity index (χ3v) is 3.02. The van der Waals surface area contributed by atoms with E-state index in [1.807, 2.05) is 42.5 Å². The van der Waals surface area contributed by atoms with Gasteiger partial charge in [0.25, 0.3) is 5.91 Å². The minimum absolute atomic E-state index is 0.0938. The Morgan fingerprint density at radius 1 is 1.05 bits per heavy atom. The van der Waals surface area contributed by atoms with Crippen molar-refractivity contribution in [1.29, 1.82) is 0 Å². The van der Waals surface area contributed by atoms with Crippen LogP contribution >= 0.6 is 0 Å². The number of benzene rings is 2. The van der Waals surface area contributed by atoms with E-state index in [2.05, 4.69) is 0 Å². The van der Waals surface area contributed by atoms with Crippen molar-refractivity contribution in [2.75, 3.05) is 14.1 Å². The van der Waals surface area contributed by atoms with Crippen LogP contribution in [0.2, 0.25) is 0 Å². The Morgan fingerprint density at radius 2 is 1.74 bits per heavy atom. The lowest BCUT2D eigenvalue weighted by atomic mass is 9.99. The molecule has 3 nitrogen and oxygen atoms in total. The van der Waals surface area contributed by atoms with Crippen LogP contribution in [0.15, 0.2) is 48.5 Å². The van der Waals surface area contributed by atoms with E-state index in [1.165, 1.54) is 4.90 Å². The third kappa shape index (κ3) is 2.83. The maximum atomic E-state index is 12.0. The average molecular weight is 255 g/mol. The topological polar surface area (TPSA) is 40.5 Å². The minimum atomic E-state index is -0.143. The van der Waals surface area contributed by atoms with Gasteiger partial charge >= 0.3 is 0 Å². The normalized spacial score (nSPS) is 10.3. The molecule has 0 radical (unpaired) electrons. The van der Waals surface area contributed by atoms with Crippen LogP contribution in [0.3, 0.4) is 0 Å². The molecule has 0 aliphatic carbocycles. The van der Waals surface area contributed by atoms with Crippen LogP contribution in [-0.4, -0.2) is 30.0 Å². The Kier molecular flexibility index (Phi) is 3.97. The Morgan fingerprint density at radius 3 is 2.32 bits per heavy atom. The summed E-state index contributed by atoms with van der Waals surface area (Å²) in [5, 5.41) is 9.45. The fraction of sp³-hybridized carbons (Fsp3) is 0.188. The van der Waals surface area contributed by atoms with Gasteiger partial charge in [-0.1, -0.05) is 36.4 Å². The van der Waals surface area contributed by atoms with Crippen molar-refractivity contribution >= 4 is 5.91 Å². The van der Waals surface area contributed by atoms with Crippen LogP contribution in [0, 0.1) is 0 Å². The van der Waals surface area contributed by atoms with Crippen molar-refractivity contribution in [3.63, 3.8) is 0 Å². The minimum Gasteiger partial charge on any atom is -0.392 e.